The molecule has 2 amide bonds. The van der Waals surface area contributed by atoms with E-state index in [0.29, 0.717) is 50.8 Å². The number of ether oxygens (including phenoxy) is 1. The van der Waals surface area contributed by atoms with E-state index in [2.05, 4.69) is 15.5 Å². The van der Waals surface area contributed by atoms with Gasteiger partial charge in [0, 0.05) is 44.3 Å². The normalized spacial score (nSPS) is 19.1. The van der Waals surface area contributed by atoms with Crippen molar-refractivity contribution in [3.8, 4) is 11.1 Å². The average Bonchev–Trinajstić information content (AvgIpc) is 3.32. The smallest absolute Gasteiger partial charge is 0.389 e. The fourth-order valence-electron chi connectivity index (χ4n) is 4.72. The van der Waals surface area contributed by atoms with Crippen LogP contribution in [0.5, 0.6) is 0 Å². The van der Waals surface area contributed by atoms with Crippen molar-refractivity contribution in [1.29, 1.82) is 0 Å². The molecule has 2 saturated heterocycles. The van der Waals surface area contributed by atoms with Gasteiger partial charge < -0.3 is 30.3 Å². The minimum absolute atomic E-state index is 0.0420. The number of halogens is 3. The van der Waals surface area contributed by atoms with Gasteiger partial charge >= 0.3 is 12.2 Å². The zero-order chi connectivity index (χ0) is 26.6. The lowest BCUT2D eigenvalue weighted by atomic mass is 10.00. The first-order valence-electron chi connectivity index (χ1n) is 12.6. The number of amides is 2. The van der Waals surface area contributed by atoms with Crippen molar-refractivity contribution in [2.45, 2.75) is 38.9 Å². The molecule has 1 unspecified atom stereocenters. The number of nitrogens with one attached hydrogen (secondary N) is 2. The van der Waals surface area contributed by atoms with E-state index in [1.165, 1.54) is 4.90 Å². The molecule has 2 aliphatic heterocycles. The summed E-state index contributed by atoms with van der Waals surface area (Å²) in [6.07, 6.45) is -4.75. The van der Waals surface area contributed by atoms with Gasteiger partial charge in [-0.25, -0.2) is 9.78 Å². The van der Waals surface area contributed by atoms with Crippen molar-refractivity contribution < 1.29 is 27.8 Å². The van der Waals surface area contributed by atoms with E-state index >= 15 is 0 Å². The van der Waals surface area contributed by atoms with Crippen LogP contribution in [-0.2, 0) is 4.74 Å². The predicted molar refractivity (Wildman–Crippen MR) is 137 cm³/mol. The summed E-state index contributed by atoms with van der Waals surface area (Å²) in [5.41, 5.74) is 3.34. The number of anilines is 3. The van der Waals surface area contributed by atoms with Gasteiger partial charge in [-0.15, -0.1) is 0 Å². The summed E-state index contributed by atoms with van der Waals surface area (Å²) < 4.78 is 43.7. The van der Waals surface area contributed by atoms with Crippen LogP contribution < -0.4 is 15.5 Å². The van der Waals surface area contributed by atoms with E-state index in [9.17, 15) is 23.1 Å². The molecule has 37 heavy (non-hydrogen) atoms. The molecular formula is C26H34F3N5O3. The summed E-state index contributed by atoms with van der Waals surface area (Å²) in [6.45, 7) is 6.84. The van der Waals surface area contributed by atoms with Gasteiger partial charge in [0.1, 0.15) is 11.6 Å². The first kappa shape index (κ1) is 27.0. The summed E-state index contributed by atoms with van der Waals surface area (Å²) in [6, 6.07) is 8.88. The van der Waals surface area contributed by atoms with Gasteiger partial charge in [0.05, 0.1) is 19.8 Å². The summed E-state index contributed by atoms with van der Waals surface area (Å²) in [5, 5.41) is 15.6. The minimum atomic E-state index is -4.23. The number of hydrogen-bond acceptors (Lipinski definition) is 6. The molecule has 2 aromatic rings. The highest BCUT2D eigenvalue weighted by Crippen LogP contribution is 2.33. The van der Waals surface area contributed by atoms with Crippen molar-refractivity contribution in [2.24, 2.45) is 5.92 Å². The van der Waals surface area contributed by atoms with Gasteiger partial charge in [-0.3, -0.25) is 0 Å². The number of benzene rings is 1. The van der Waals surface area contributed by atoms with Crippen LogP contribution >= 0.6 is 0 Å². The zero-order valence-corrected chi connectivity index (χ0v) is 21.1. The van der Waals surface area contributed by atoms with Crippen LogP contribution in [0.1, 0.15) is 25.3 Å². The summed E-state index contributed by atoms with van der Waals surface area (Å²) in [7, 11) is 0. The third-order valence-electron chi connectivity index (χ3n) is 6.71. The predicted octanol–water partition coefficient (Wildman–Crippen LogP) is 4.49. The maximum absolute atomic E-state index is 12.8. The van der Waals surface area contributed by atoms with Crippen LogP contribution in [0.25, 0.3) is 11.1 Å². The van der Waals surface area contributed by atoms with Gasteiger partial charge in [-0.1, -0.05) is 6.07 Å². The number of carbonyl (C=O) groups is 1. The second-order valence-electron chi connectivity index (χ2n) is 9.81. The molecule has 3 heterocycles. The highest BCUT2D eigenvalue weighted by atomic mass is 19.4. The average molecular weight is 522 g/mol. The lowest BCUT2D eigenvalue weighted by Gasteiger charge is -2.29. The number of urea groups is 1. The second-order valence-corrected chi connectivity index (χ2v) is 9.81. The zero-order valence-electron chi connectivity index (χ0n) is 21.1. The number of nitrogens with zero attached hydrogens (tertiary/aromatic N) is 3. The van der Waals surface area contributed by atoms with Crippen LogP contribution in [0.15, 0.2) is 30.3 Å². The molecule has 0 spiro atoms. The Morgan fingerprint density at radius 3 is 2.68 bits per heavy atom. The Hall–Kier alpha value is -3.05. The first-order valence-corrected chi connectivity index (χ1v) is 12.6. The number of rotatable bonds is 7. The molecule has 2 aliphatic rings. The number of hydrogen-bond donors (Lipinski definition) is 3. The lowest BCUT2D eigenvalue weighted by molar-refractivity contribution is -0.143. The molecule has 4 rings (SSSR count). The number of alkyl halides is 3. The Kier molecular flexibility index (Phi) is 8.43. The van der Waals surface area contributed by atoms with Crippen molar-refractivity contribution in [1.82, 2.24) is 9.88 Å². The first-order chi connectivity index (χ1) is 17.6. The number of aryl methyl sites for hydroxylation is 1. The Morgan fingerprint density at radius 2 is 1.97 bits per heavy atom. The second kappa shape index (κ2) is 11.6. The maximum atomic E-state index is 12.8. The van der Waals surface area contributed by atoms with E-state index < -0.39 is 24.5 Å². The molecule has 0 aliphatic carbocycles. The number of likely N-dealkylation sites (tertiary alicyclic amines) is 1. The molecule has 0 bridgehead atoms. The van der Waals surface area contributed by atoms with Crippen molar-refractivity contribution in [3.63, 3.8) is 0 Å². The van der Waals surface area contributed by atoms with Gasteiger partial charge in [0.15, 0.2) is 0 Å². The van der Waals surface area contributed by atoms with E-state index in [-0.39, 0.29) is 19.2 Å². The molecule has 1 aromatic heterocycles. The van der Waals surface area contributed by atoms with Crippen LogP contribution in [0, 0.1) is 12.8 Å². The number of pyridine rings is 1. The van der Waals surface area contributed by atoms with Crippen LogP contribution in [-0.4, -0.2) is 79.2 Å². The molecular weight excluding hydrogens is 487 g/mol. The number of morpholine rings is 1. The van der Waals surface area contributed by atoms with Crippen molar-refractivity contribution in [3.05, 3.63) is 35.9 Å². The molecule has 11 heteroatoms. The topological polar surface area (TPSA) is 90.0 Å². The number of aromatic nitrogens is 1. The third kappa shape index (κ3) is 7.26. The molecule has 202 valence electrons. The number of aliphatic hydroxyl groups is 1. The van der Waals surface area contributed by atoms with Gasteiger partial charge in [-0.05, 0) is 67.1 Å². The lowest BCUT2D eigenvalue weighted by Crippen LogP contribution is -2.37. The van der Waals surface area contributed by atoms with Crippen LogP contribution in [0.4, 0.5) is 35.3 Å². The fourth-order valence-corrected chi connectivity index (χ4v) is 4.72. The molecule has 0 radical (unpaired) electrons. The van der Waals surface area contributed by atoms with Crippen LogP contribution in [0.2, 0.25) is 0 Å². The van der Waals surface area contributed by atoms with Crippen molar-refractivity contribution in [2.75, 3.05) is 61.5 Å². The molecule has 2 atom stereocenters. The fraction of sp³-hybridized carbons (Fsp3) is 0.538. The standard InChI is InChI=1S/C26H34F3N5O3/c1-17-3-4-21(31-25(36)34-6-5-19(15-34)14-26(27,28)29)13-22(17)20-11-23(30-18(2)16-35)32-24(12-20)33-7-9-37-10-8-33/h3-4,11-13,18-19,35H,5-10,14-16H2,1-2H3,(H,30,32)(H,31,36)/t18-,19?/m0/s1. The van der Waals surface area contributed by atoms with Gasteiger partial charge in [-0.2, -0.15) is 13.2 Å². The van der Waals surface area contributed by atoms with E-state index in [1.54, 1.807) is 6.07 Å². The quantitative estimate of drug-likeness (QED) is 0.498. The highest BCUT2D eigenvalue weighted by molar-refractivity contribution is 5.91. The summed E-state index contributed by atoms with van der Waals surface area (Å²) >= 11 is 0. The van der Waals surface area contributed by atoms with Gasteiger partial charge in [0.2, 0.25) is 0 Å². The molecule has 3 N–H and O–H groups in total. The van der Waals surface area contributed by atoms with Crippen LogP contribution in [0.3, 0.4) is 0 Å². The minimum Gasteiger partial charge on any atom is -0.394 e. The Bertz CT molecular complexity index is 1090. The van der Waals surface area contributed by atoms with Crippen molar-refractivity contribution >= 4 is 23.4 Å². The molecule has 1 aromatic carbocycles. The van der Waals surface area contributed by atoms with Gasteiger partial charge in [0.25, 0.3) is 0 Å². The third-order valence-corrected chi connectivity index (χ3v) is 6.71. The summed E-state index contributed by atoms with van der Waals surface area (Å²) in [5.74, 6) is 0.846. The maximum Gasteiger partial charge on any atom is 0.389 e. The Balaban J connectivity index is 1.55. The van der Waals surface area contributed by atoms with E-state index in [1.807, 2.05) is 38.1 Å². The highest BCUT2D eigenvalue weighted by Gasteiger charge is 2.36. The molecule has 0 saturated carbocycles. The van der Waals surface area contributed by atoms with E-state index in [0.717, 1.165) is 22.5 Å². The summed E-state index contributed by atoms with van der Waals surface area (Å²) in [4.78, 5) is 21.1. The molecule has 8 nitrogen and oxygen atoms in total. The van der Waals surface area contributed by atoms with E-state index in [4.69, 9.17) is 9.72 Å². The Morgan fingerprint density at radius 1 is 1.22 bits per heavy atom. The Labute approximate surface area is 214 Å². The SMILES string of the molecule is Cc1ccc(NC(=O)N2CCC(CC(F)(F)F)C2)cc1-c1cc(N[C@@H](C)CO)nc(N2CCOCC2)c1. The number of aliphatic hydroxyl groups excluding tert-OH is 1. The molecule has 2 fully saturated rings. The number of carbonyl (C=O) groups excluding carboxylic acids is 1. The largest absolute Gasteiger partial charge is 0.394 e. The monoisotopic (exact) mass is 521 g/mol.